The average molecular weight is 239 g/mol. The van der Waals surface area contributed by atoms with Gasteiger partial charge >= 0.3 is 5.97 Å². The van der Waals surface area contributed by atoms with Crippen LogP contribution in [0.4, 0.5) is 0 Å². The molecule has 17 heavy (non-hydrogen) atoms. The molecular formula is C11H17N3O3. The number of carbonyl (C=O) groups excluding carboxylic acids is 2. The third-order valence-electron chi connectivity index (χ3n) is 2.92. The minimum absolute atomic E-state index is 0.0165. The van der Waals surface area contributed by atoms with Crippen molar-refractivity contribution in [2.45, 2.75) is 6.92 Å². The van der Waals surface area contributed by atoms with E-state index in [1.54, 1.807) is 0 Å². The fourth-order valence-electron chi connectivity index (χ4n) is 2.05. The van der Waals surface area contributed by atoms with Crippen molar-refractivity contribution in [2.24, 2.45) is 11.8 Å². The molecule has 1 heterocycles. The maximum absolute atomic E-state index is 11.4. The number of ether oxygens (including phenoxy) is 1. The van der Waals surface area contributed by atoms with Gasteiger partial charge in [0.25, 0.3) is 0 Å². The second-order valence-electron chi connectivity index (χ2n) is 4.24. The Hall–Kier alpha value is -1.61. The fourth-order valence-corrected chi connectivity index (χ4v) is 2.05. The molecule has 6 heteroatoms. The Morgan fingerprint density at radius 3 is 2.82 bits per heavy atom. The molecule has 1 aliphatic rings. The Bertz CT molecular complexity index is 337. The lowest BCUT2D eigenvalue weighted by atomic mass is 9.99. The summed E-state index contributed by atoms with van der Waals surface area (Å²) >= 11 is 0. The van der Waals surface area contributed by atoms with Gasteiger partial charge in [0.15, 0.2) is 0 Å². The van der Waals surface area contributed by atoms with Crippen LogP contribution in [0, 0.1) is 23.2 Å². The largest absolute Gasteiger partial charge is 0.469 e. The summed E-state index contributed by atoms with van der Waals surface area (Å²) in [4.78, 5) is 24.7. The zero-order valence-electron chi connectivity index (χ0n) is 10.1. The molecule has 2 atom stereocenters. The van der Waals surface area contributed by atoms with E-state index >= 15 is 0 Å². The molecule has 1 N–H and O–H groups in total. The highest BCUT2D eigenvalue weighted by Crippen LogP contribution is 2.23. The van der Waals surface area contributed by atoms with Crippen molar-refractivity contribution >= 4 is 11.9 Å². The van der Waals surface area contributed by atoms with Crippen LogP contribution >= 0.6 is 0 Å². The lowest BCUT2D eigenvalue weighted by Gasteiger charge is -2.14. The summed E-state index contributed by atoms with van der Waals surface area (Å²) in [6.07, 6.45) is 0. The quantitative estimate of drug-likeness (QED) is 0.521. The monoisotopic (exact) mass is 239 g/mol. The lowest BCUT2D eigenvalue weighted by molar-refractivity contribution is -0.146. The molecule has 94 valence electrons. The van der Waals surface area contributed by atoms with Gasteiger partial charge in [0.2, 0.25) is 5.91 Å². The summed E-state index contributed by atoms with van der Waals surface area (Å²) in [6, 6.07) is 1.84. The highest BCUT2D eigenvalue weighted by Gasteiger charge is 2.35. The number of likely N-dealkylation sites (tertiary alicyclic amines) is 1. The predicted octanol–water partition coefficient (Wildman–Crippen LogP) is -0.633. The molecule has 6 nitrogen and oxygen atoms in total. The van der Waals surface area contributed by atoms with Gasteiger partial charge < -0.3 is 10.1 Å². The van der Waals surface area contributed by atoms with E-state index in [9.17, 15) is 9.59 Å². The zero-order chi connectivity index (χ0) is 12.8. The standard InChI is InChI=1S/C11H17N3O3/c1-8-5-14(6-9(8)11(16)17-2)7-10(15)13-4-3-12/h8-9H,4-7H2,1-2H3,(H,13,15). The van der Waals surface area contributed by atoms with Gasteiger partial charge in [0.05, 0.1) is 25.6 Å². The predicted molar refractivity (Wildman–Crippen MR) is 59.7 cm³/mol. The summed E-state index contributed by atoms with van der Waals surface area (Å²) in [5, 5.41) is 10.8. The maximum Gasteiger partial charge on any atom is 0.310 e. The van der Waals surface area contributed by atoms with E-state index in [1.807, 2.05) is 17.9 Å². The SMILES string of the molecule is COC(=O)C1CN(CC(=O)NCC#N)CC1C. The van der Waals surface area contributed by atoms with E-state index in [1.165, 1.54) is 7.11 Å². The van der Waals surface area contributed by atoms with Crippen LogP contribution in [0.3, 0.4) is 0 Å². The molecule has 2 unspecified atom stereocenters. The van der Waals surface area contributed by atoms with Crippen molar-refractivity contribution in [3.8, 4) is 6.07 Å². The number of rotatable bonds is 4. The Morgan fingerprint density at radius 1 is 1.53 bits per heavy atom. The molecule has 0 aromatic rings. The van der Waals surface area contributed by atoms with Gasteiger partial charge in [-0.05, 0) is 5.92 Å². The van der Waals surface area contributed by atoms with E-state index < -0.39 is 0 Å². The summed E-state index contributed by atoms with van der Waals surface area (Å²) in [5.74, 6) is -0.392. The van der Waals surface area contributed by atoms with Crippen LogP contribution < -0.4 is 5.32 Å². The highest BCUT2D eigenvalue weighted by molar-refractivity contribution is 5.78. The number of esters is 1. The molecule has 1 saturated heterocycles. The van der Waals surface area contributed by atoms with E-state index in [0.29, 0.717) is 13.1 Å². The van der Waals surface area contributed by atoms with Crippen LogP contribution in [0.5, 0.6) is 0 Å². The number of carbonyl (C=O) groups is 2. The van der Waals surface area contributed by atoms with Gasteiger partial charge in [-0.15, -0.1) is 0 Å². The first kappa shape index (κ1) is 13.5. The molecule has 0 radical (unpaired) electrons. The second kappa shape index (κ2) is 6.21. The third kappa shape index (κ3) is 3.71. The van der Waals surface area contributed by atoms with Crippen LogP contribution in [0.1, 0.15) is 6.92 Å². The summed E-state index contributed by atoms with van der Waals surface area (Å²) in [5.41, 5.74) is 0. The average Bonchev–Trinajstić information content (AvgIpc) is 2.66. The minimum Gasteiger partial charge on any atom is -0.469 e. The first-order chi connectivity index (χ1) is 8.08. The van der Waals surface area contributed by atoms with Crippen molar-refractivity contribution in [1.82, 2.24) is 10.2 Å². The normalized spacial score (nSPS) is 24.1. The molecule has 1 rings (SSSR count). The fraction of sp³-hybridized carbons (Fsp3) is 0.727. The second-order valence-corrected chi connectivity index (χ2v) is 4.24. The van der Waals surface area contributed by atoms with Crippen molar-refractivity contribution in [1.29, 1.82) is 5.26 Å². The van der Waals surface area contributed by atoms with Gasteiger partial charge in [0, 0.05) is 13.1 Å². The van der Waals surface area contributed by atoms with Crippen LogP contribution in [0.25, 0.3) is 0 Å². The van der Waals surface area contributed by atoms with E-state index in [0.717, 1.165) is 0 Å². The van der Waals surface area contributed by atoms with Gasteiger partial charge in [-0.2, -0.15) is 5.26 Å². The molecule has 1 amide bonds. The zero-order valence-corrected chi connectivity index (χ0v) is 10.1. The maximum atomic E-state index is 11.4. The molecule has 0 aromatic heterocycles. The Balaban J connectivity index is 2.41. The number of amides is 1. The van der Waals surface area contributed by atoms with Crippen molar-refractivity contribution < 1.29 is 14.3 Å². The van der Waals surface area contributed by atoms with Crippen LogP contribution in [0.15, 0.2) is 0 Å². The smallest absolute Gasteiger partial charge is 0.310 e. The van der Waals surface area contributed by atoms with Crippen molar-refractivity contribution in [3.05, 3.63) is 0 Å². The molecular weight excluding hydrogens is 222 g/mol. The van der Waals surface area contributed by atoms with Gasteiger partial charge in [-0.3, -0.25) is 14.5 Å². The first-order valence-electron chi connectivity index (χ1n) is 5.52. The number of nitriles is 1. The van der Waals surface area contributed by atoms with Crippen molar-refractivity contribution in [2.75, 3.05) is 33.3 Å². The van der Waals surface area contributed by atoms with Gasteiger partial charge in [-0.1, -0.05) is 6.92 Å². The summed E-state index contributed by atoms with van der Waals surface area (Å²) < 4.78 is 4.71. The number of nitrogens with zero attached hydrogens (tertiary/aromatic N) is 2. The highest BCUT2D eigenvalue weighted by atomic mass is 16.5. The van der Waals surface area contributed by atoms with Crippen LogP contribution in [-0.2, 0) is 14.3 Å². The third-order valence-corrected chi connectivity index (χ3v) is 2.92. The number of hydrogen-bond acceptors (Lipinski definition) is 5. The molecule has 0 spiro atoms. The summed E-state index contributed by atoms with van der Waals surface area (Å²) in [7, 11) is 1.37. The summed E-state index contributed by atoms with van der Waals surface area (Å²) in [6.45, 7) is 3.44. The topological polar surface area (TPSA) is 82.4 Å². The van der Waals surface area contributed by atoms with Gasteiger partial charge in [-0.25, -0.2) is 0 Å². The minimum atomic E-state index is -0.225. The molecule has 0 aliphatic carbocycles. The molecule has 0 saturated carbocycles. The Kier molecular flexibility index (Phi) is 4.91. The molecule has 1 fully saturated rings. The van der Waals surface area contributed by atoms with Crippen LogP contribution in [0.2, 0.25) is 0 Å². The van der Waals surface area contributed by atoms with Crippen molar-refractivity contribution in [3.63, 3.8) is 0 Å². The number of hydrogen-bond donors (Lipinski definition) is 1. The number of methoxy groups -OCH3 is 1. The Labute approximate surface area is 101 Å². The molecule has 1 aliphatic heterocycles. The van der Waals surface area contributed by atoms with E-state index in [-0.39, 0.29) is 36.8 Å². The Morgan fingerprint density at radius 2 is 2.24 bits per heavy atom. The number of nitrogens with one attached hydrogen (secondary N) is 1. The molecule has 0 aromatic carbocycles. The van der Waals surface area contributed by atoms with Gasteiger partial charge in [0.1, 0.15) is 6.54 Å². The molecule has 0 bridgehead atoms. The lowest BCUT2D eigenvalue weighted by Crippen LogP contribution is -2.36. The van der Waals surface area contributed by atoms with E-state index in [2.05, 4.69) is 5.32 Å². The van der Waals surface area contributed by atoms with E-state index in [4.69, 9.17) is 10.00 Å². The van der Waals surface area contributed by atoms with Crippen LogP contribution in [-0.4, -0.2) is 50.1 Å². The first-order valence-corrected chi connectivity index (χ1v) is 5.52.